The molecule has 0 saturated carbocycles. The quantitative estimate of drug-likeness (QED) is 0.733. The highest BCUT2D eigenvalue weighted by atomic mass is 28.4. The van der Waals surface area contributed by atoms with Gasteiger partial charge < -0.3 is 18.4 Å². The van der Waals surface area contributed by atoms with Gasteiger partial charge >= 0.3 is 0 Å². The Morgan fingerprint density at radius 1 is 1.29 bits per heavy atom. The molecule has 0 aromatic carbocycles. The van der Waals surface area contributed by atoms with Crippen LogP contribution in [0.15, 0.2) is 27.7 Å². The van der Waals surface area contributed by atoms with Crippen LogP contribution in [0.25, 0.3) is 0 Å². The second kappa shape index (κ2) is 7.21. The number of aliphatic hydroxyl groups excluding tert-OH is 1. The predicted molar refractivity (Wildman–Crippen MR) is 93.0 cm³/mol. The Hall–Kier alpha value is -1.44. The van der Waals surface area contributed by atoms with E-state index in [4.69, 9.17) is 13.3 Å². The van der Waals surface area contributed by atoms with Crippen LogP contribution in [0.1, 0.15) is 70.1 Å². The lowest BCUT2D eigenvalue weighted by Crippen LogP contribution is -2.41. The maximum Gasteiger partial charge on any atom is 0.231 e. The summed E-state index contributed by atoms with van der Waals surface area (Å²) in [5, 5.41) is 10.4. The van der Waals surface area contributed by atoms with E-state index in [1.807, 2.05) is 0 Å². The second-order valence-corrected chi connectivity index (χ2v) is 12.3. The molecule has 2 atom stereocenters. The van der Waals surface area contributed by atoms with Crippen molar-refractivity contribution in [2.75, 3.05) is 0 Å². The minimum Gasteiger partial charge on any atom is -0.445 e. The molecular formula is C17H28N2O4Si. The number of rotatable bonds is 7. The van der Waals surface area contributed by atoms with E-state index in [0.717, 1.165) is 18.5 Å². The molecule has 7 heteroatoms. The van der Waals surface area contributed by atoms with E-state index in [1.165, 1.54) is 12.6 Å². The van der Waals surface area contributed by atoms with E-state index in [0.29, 0.717) is 5.76 Å². The van der Waals surface area contributed by atoms with Crippen molar-refractivity contribution in [3.63, 3.8) is 0 Å². The highest BCUT2D eigenvalue weighted by Crippen LogP contribution is 2.40. The first-order valence-corrected chi connectivity index (χ1v) is 11.3. The predicted octanol–water partition coefficient (Wildman–Crippen LogP) is 4.61. The Balaban J connectivity index is 2.20. The van der Waals surface area contributed by atoms with Crippen LogP contribution in [-0.4, -0.2) is 23.4 Å². The Labute approximate surface area is 144 Å². The van der Waals surface area contributed by atoms with Crippen LogP contribution in [0.5, 0.6) is 0 Å². The van der Waals surface area contributed by atoms with E-state index in [-0.39, 0.29) is 17.0 Å². The normalized spacial score (nSPS) is 15.5. The van der Waals surface area contributed by atoms with Gasteiger partial charge in [-0.15, -0.1) is 0 Å². The lowest BCUT2D eigenvalue weighted by Gasteiger charge is -2.38. The van der Waals surface area contributed by atoms with Crippen molar-refractivity contribution in [3.05, 3.63) is 36.2 Å². The monoisotopic (exact) mass is 352 g/mol. The number of aliphatic hydroxyl groups is 1. The third-order valence-corrected chi connectivity index (χ3v) is 9.10. The Kier molecular flexibility index (Phi) is 5.67. The largest absolute Gasteiger partial charge is 0.445 e. The molecule has 2 unspecified atom stereocenters. The van der Waals surface area contributed by atoms with E-state index in [1.54, 1.807) is 6.26 Å². The summed E-state index contributed by atoms with van der Waals surface area (Å²) >= 11 is 0. The molecule has 0 fully saturated rings. The Morgan fingerprint density at radius 2 is 2.00 bits per heavy atom. The molecule has 1 N–H and O–H groups in total. The first kappa shape index (κ1) is 18.9. The second-order valence-electron chi connectivity index (χ2n) is 7.57. The highest BCUT2D eigenvalue weighted by molar-refractivity contribution is 6.74. The van der Waals surface area contributed by atoms with Crippen molar-refractivity contribution >= 4 is 8.32 Å². The van der Waals surface area contributed by atoms with Crippen molar-refractivity contribution < 1.29 is 18.4 Å². The van der Waals surface area contributed by atoms with Gasteiger partial charge in [-0.2, -0.15) is 0 Å². The molecule has 134 valence electrons. The van der Waals surface area contributed by atoms with Crippen LogP contribution in [0, 0.1) is 0 Å². The summed E-state index contributed by atoms with van der Waals surface area (Å²) in [7, 11) is -1.93. The maximum atomic E-state index is 10.2. The summed E-state index contributed by atoms with van der Waals surface area (Å²) in [5.74, 6) is 0.502. The molecule has 6 nitrogen and oxygen atoms in total. The molecule has 2 aromatic rings. The van der Waals surface area contributed by atoms with Crippen LogP contribution >= 0.6 is 0 Å². The van der Waals surface area contributed by atoms with Gasteiger partial charge in [0.2, 0.25) is 5.89 Å². The van der Waals surface area contributed by atoms with Gasteiger partial charge in [-0.3, -0.25) is 0 Å². The van der Waals surface area contributed by atoms with Crippen LogP contribution in [0.3, 0.4) is 0 Å². The van der Waals surface area contributed by atoms with Crippen molar-refractivity contribution in [1.29, 1.82) is 0 Å². The minimum atomic E-state index is -1.93. The molecule has 0 bridgehead atoms. The summed E-state index contributed by atoms with van der Waals surface area (Å²) in [6.07, 6.45) is 4.94. The molecule has 0 spiro atoms. The van der Waals surface area contributed by atoms with E-state index < -0.39 is 14.4 Å². The van der Waals surface area contributed by atoms with Gasteiger partial charge in [-0.05, 0) is 24.6 Å². The highest BCUT2D eigenvalue weighted by Gasteiger charge is 2.40. The van der Waals surface area contributed by atoms with E-state index in [9.17, 15) is 5.11 Å². The Morgan fingerprint density at radius 3 is 2.54 bits per heavy atom. The molecule has 2 aromatic heterocycles. The summed E-state index contributed by atoms with van der Waals surface area (Å²) in [6.45, 7) is 13.2. The number of hydrogen-bond donors (Lipinski definition) is 1. The molecule has 0 radical (unpaired) electrons. The average Bonchev–Trinajstić information content (AvgIpc) is 3.16. The van der Waals surface area contributed by atoms with Gasteiger partial charge in [-0.1, -0.05) is 34.1 Å². The van der Waals surface area contributed by atoms with Crippen LogP contribution in [0.4, 0.5) is 0 Å². The first-order valence-electron chi connectivity index (χ1n) is 8.35. The van der Waals surface area contributed by atoms with Crippen molar-refractivity contribution in [3.8, 4) is 0 Å². The Bertz CT molecular complexity index is 631. The van der Waals surface area contributed by atoms with Crippen molar-refractivity contribution in [2.45, 2.75) is 70.9 Å². The average molecular weight is 353 g/mol. The molecule has 0 aliphatic rings. The number of nitrogens with zero attached hydrogens (tertiary/aromatic N) is 2. The maximum absolute atomic E-state index is 10.2. The van der Waals surface area contributed by atoms with Crippen LogP contribution in [0.2, 0.25) is 18.1 Å². The lowest BCUT2D eigenvalue weighted by molar-refractivity contribution is 0.155. The molecule has 2 heterocycles. The van der Waals surface area contributed by atoms with Gasteiger partial charge in [0.25, 0.3) is 0 Å². The van der Waals surface area contributed by atoms with Crippen molar-refractivity contribution in [2.24, 2.45) is 0 Å². The molecular weight excluding hydrogens is 324 g/mol. The molecule has 0 amide bonds. The van der Waals surface area contributed by atoms with Gasteiger partial charge in [0, 0.05) is 0 Å². The summed E-state index contributed by atoms with van der Waals surface area (Å²) < 4.78 is 17.1. The molecule has 0 saturated heterocycles. The molecule has 2 rings (SSSR count). The fourth-order valence-electron chi connectivity index (χ4n) is 2.12. The molecule has 0 aliphatic carbocycles. The lowest BCUT2D eigenvalue weighted by atomic mass is 10.2. The third-order valence-electron chi connectivity index (χ3n) is 4.62. The van der Waals surface area contributed by atoms with Crippen LogP contribution < -0.4 is 0 Å². The van der Waals surface area contributed by atoms with Gasteiger partial charge in [0.1, 0.15) is 12.0 Å². The van der Waals surface area contributed by atoms with E-state index >= 15 is 0 Å². The number of aromatic nitrogens is 2. The number of oxazole rings is 2. The minimum absolute atomic E-state index is 0.116. The number of hydrogen-bond acceptors (Lipinski definition) is 6. The van der Waals surface area contributed by atoms with Gasteiger partial charge in [0.05, 0.1) is 12.3 Å². The molecule has 0 aliphatic heterocycles. The van der Waals surface area contributed by atoms with Gasteiger partial charge in [-0.25, -0.2) is 9.97 Å². The zero-order valence-corrected chi connectivity index (χ0v) is 16.4. The fraction of sp³-hybridized carbons (Fsp3) is 0.647. The van der Waals surface area contributed by atoms with Gasteiger partial charge in [0.15, 0.2) is 26.6 Å². The van der Waals surface area contributed by atoms with Crippen molar-refractivity contribution in [1.82, 2.24) is 9.97 Å². The standard InChI is InChI=1S/C17H28N2O4Si/c1-7-8-13(23-24(5,6)17(2,3)4)12-10-21-16(19-12)15(20)14-9-18-11-22-14/h9-11,13,15,20H,7-8H2,1-6H3. The SMILES string of the molecule is CCCC(O[Si](C)(C)C(C)(C)C)c1coc(C(O)c2cnco2)n1. The smallest absolute Gasteiger partial charge is 0.231 e. The zero-order chi connectivity index (χ0) is 18.0. The topological polar surface area (TPSA) is 81.5 Å². The summed E-state index contributed by atoms with van der Waals surface area (Å²) in [6, 6.07) is 0. The van der Waals surface area contributed by atoms with E-state index in [2.05, 4.69) is 50.8 Å². The zero-order valence-electron chi connectivity index (χ0n) is 15.4. The first-order chi connectivity index (χ1) is 11.2. The van der Waals surface area contributed by atoms with Crippen LogP contribution in [-0.2, 0) is 4.43 Å². The third kappa shape index (κ3) is 4.14. The summed E-state index contributed by atoms with van der Waals surface area (Å²) in [4.78, 5) is 8.24. The summed E-state index contributed by atoms with van der Waals surface area (Å²) in [5.41, 5.74) is 0.718. The fourth-order valence-corrected chi connectivity index (χ4v) is 3.42. The molecule has 24 heavy (non-hydrogen) atoms.